The molecule has 0 unspecified atom stereocenters. The van der Waals surface area contributed by atoms with E-state index < -0.39 is 0 Å². The number of rotatable bonds is 2. The molecule has 0 aliphatic carbocycles. The van der Waals surface area contributed by atoms with E-state index in [2.05, 4.69) is 32.4 Å². The molecule has 0 radical (unpaired) electrons. The molecule has 3 heterocycles. The Labute approximate surface area is 111 Å². The molecule has 0 bridgehead atoms. The second kappa shape index (κ2) is 4.25. The van der Waals surface area contributed by atoms with Gasteiger partial charge >= 0.3 is 0 Å². The summed E-state index contributed by atoms with van der Waals surface area (Å²) in [6.45, 7) is 0.477. The van der Waals surface area contributed by atoms with Gasteiger partial charge in [-0.1, -0.05) is 6.07 Å². The summed E-state index contributed by atoms with van der Waals surface area (Å²) in [5, 5.41) is 2.05. The maximum absolute atomic E-state index is 5.85. The van der Waals surface area contributed by atoms with Crippen molar-refractivity contribution in [3.8, 4) is 10.6 Å². The van der Waals surface area contributed by atoms with E-state index >= 15 is 0 Å². The van der Waals surface area contributed by atoms with E-state index in [4.69, 9.17) is 5.73 Å². The number of pyridine rings is 1. The van der Waals surface area contributed by atoms with Crippen LogP contribution in [-0.4, -0.2) is 9.38 Å². The van der Waals surface area contributed by atoms with Crippen LogP contribution in [0.1, 0.15) is 5.69 Å². The Kier molecular flexibility index (Phi) is 2.74. The number of fused-ring (bicyclic) bond motifs is 1. The Morgan fingerprint density at radius 2 is 2.24 bits per heavy atom. The van der Waals surface area contributed by atoms with E-state index in [9.17, 15) is 0 Å². The second-order valence-electron chi connectivity index (χ2n) is 3.64. The zero-order chi connectivity index (χ0) is 11.8. The van der Waals surface area contributed by atoms with Crippen molar-refractivity contribution in [1.29, 1.82) is 0 Å². The molecule has 2 N–H and O–H groups in total. The van der Waals surface area contributed by atoms with Crippen LogP contribution in [-0.2, 0) is 6.54 Å². The molecular weight excluding hydrogens is 298 g/mol. The highest BCUT2D eigenvalue weighted by atomic mass is 79.9. The number of nitrogens with two attached hydrogens (primary N) is 1. The number of aromatic nitrogens is 2. The number of nitrogens with zero attached hydrogens (tertiary/aromatic N) is 2. The fraction of sp³-hybridized carbons (Fsp3) is 0.0833. The summed E-state index contributed by atoms with van der Waals surface area (Å²) in [4.78, 5) is 5.83. The first-order valence-corrected chi connectivity index (χ1v) is 6.88. The summed E-state index contributed by atoms with van der Waals surface area (Å²) < 4.78 is 3.02. The first-order valence-electron chi connectivity index (χ1n) is 5.20. The van der Waals surface area contributed by atoms with Crippen LogP contribution in [0.5, 0.6) is 0 Å². The number of hydrogen-bond donors (Lipinski definition) is 1. The lowest BCUT2D eigenvalue weighted by atomic mass is 10.3. The quantitative estimate of drug-likeness (QED) is 0.789. The van der Waals surface area contributed by atoms with Gasteiger partial charge in [0.05, 0.1) is 15.0 Å². The molecule has 0 aliphatic heterocycles. The van der Waals surface area contributed by atoms with E-state index in [0.29, 0.717) is 6.54 Å². The molecule has 0 atom stereocenters. The summed E-state index contributed by atoms with van der Waals surface area (Å²) in [7, 11) is 0. The van der Waals surface area contributed by atoms with Gasteiger partial charge in [-0.15, -0.1) is 11.3 Å². The van der Waals surface area contributed by atoms with Gasteiger partial charge in [0, 0.05) is 12.7 Å². The van der Waals surface area contributed by atoms with Crippen LogP contribution in [0.3, 0.4) is 0 Å². The fourth-order valence-electron chi connectivity index (χ4n) is 1.89. The second-order valence-corrected chi connectivity index (χ2v) is 5.44. The molecule has 3 nitrogen and oxygen atoms in total. The molecule has 17 heavy (non-hydrogen) atoms. The van der Waals surface area contributed by atoms with E-state index in [1.54, 1.807) is 11.3 Å². The molecule has 0 saturated carbocycles. The van der Waals surface area contributed by atoms with Crippen LogP contribution >= 0.6 is 27.3 Å². The SMILES string of the molecule is NCc1c(-c2cccs2)nc2c(Br)cccn12. The molecule has 0 spiro atoms. The van der Waals surface area contributed by atoms with E-state index in [-0.39, 0.29) is 0 Å². The minimum Gasteiger partial charge on any atom is -0.325 e. The summed E-state index contributed by atoms with van der Waals surface area (Å²) in [5.74, 6) is 0. The van der Waals surface area contributed by atoms with Crippen molar-refractivity contribution in [3.05, 3.63) is 46.0 Å². The van der Waals surface area contributed by atoms with Crippen LogP contribution in [0.4, 0.5) is 0 Å². The lowest BCUT2D eigenvalue weighted by Gasteiger charge is -2.00. The number of hydrogen-bond acceptors (Lipinski definition) is 3. The third-order valence-corrected chi connectivity index (χ3v) is 4.14. The Bertz CT molecular complexity index is 658. The summed E-state index contributed by atoms with van der Waals surface area (Å²) >= 11 is 5.20. The summed E-state index contributed by atoms with van der Waals surface area (Å²) in [6.07, 6.45) is 1.99. The van der Waals surface area contributed by atoms with Gasteiger partial charge in [0.25, 0.3) is 0 Å². The third kappa shape index (κ3) is 1.71. The van der Waals surface area contributed by atoms with Crippen molar-refractivity contribution in [1.82, 2.24) is 9.38 Å². The maximum atomic E-state index is 5.85. The van der Waals surface area contributed by atoms with E-state index in [1.165, 1.54) is 0 Å². The zero-order valence-electron chi connectivity index (χ0n) is 8.93. The molecule has 0 saturated heterocycles. The van der Waals surface area contributed by atoms with Gasteiger partial charge in [0.2, 0.25) is 0 Å². The number of thiophene rings is 1. The lowest BCUT2D eigenvalue weighted by Crippen LogP contribution is -2.02. The number of halogens is 1. The smallest absolute Gasteiger partial charge is 0.152 e. The molecular formula is C12H10BrN3S. The molecule has 5 heteroatoms. The minimum absolute atomic E-state index is 0.477. The van der Waals surface area contributed by atoms with Crippen LogP contribution < -0.4 is 5.73 Å². The van der Waals surface area contributed by atoms with Crippen LogP contribution in [0, 0.1) is 0 Å². The zero-order valence-corrected chi connectivity index (χ0v) is 11.3. The van der Waals surface area contributed by atoms with E-state index in [0.717, 1.165) is 26.4 Å². The molecule has 0 fully saturated rings. The average molecular weight is 308 g/mol. The van der Waals surface area contributed by atoms with Gasteiger partial charge in [-0.05, 0) is 39.5 Å². The predicted octanol–water partition coefficient (Wildman–Crippen LogP) is 3.28. The van der Waals surface area contributed by atoms with Gasteiger partial charge in [0.15, 0.2) is 5.65 Å². The maximum Gasteiger partial charge on any atom is 0.152 e. The molecule has 0 amide bonds. The summed E-state index contributed by atoms with van der Waals surface area (Å²) in [5.41, 5.74) is 8.79. The van der Waals surface area contributed by atoms with Gasteiger partial charge in [-0.3, -0.25) is 0 Å². The van der Waals surface area contributed by atoms with Gasteiger partial charge < -0.3 is 10.1 Å². The topological polar surface area (TPSA) is 43.3 Å². The standard InChI is InChI=1S/C12H10BrN3S/c13-8-3-1-5-16-9(7-14)11(15-12(8)16)10-4-2-6-17-10/h1-6H,7,14H2. The van der Waals surface area contributed by atoms with Crippen molar-refractivity contribution in [3.63, 3.8) is 0 Å². The van der Waals surface area contributed by atoms with Crippen molar-refractivity contribution < 1.29 is 0 Å². The molecule has 3 aromatic rings. The van der Waals surface area contributed by atoms with E-state index in [1.807, 2.05) is 28.8 Å². The molecule has 0 aliphatic rings. The third-order valence-electron chi connectivity index (χ3n) is 2.65. The Morgan fingerprint density at radius 1 is 1.35 bits per heavy atom. The largest absolute Gasteiger partial charge is 0.325 e. The molecule has 3 aromatic heterocycles. The number of imidazole rings is 1. The van der Waals surface area contributed by atoms with Crippen molar-refractivity contribution in [2.24, 2.45) is 5.73 Å². The Morgan fingerprint density at radius 3 is 2.94 bits per heavy atom. The van der Waals surface area contributed by atoms with Gasteiger partial charge in [-0.2, -0.15) is 0 Å². The minimum atomic E-state index is 0.477. The highest BCUT2D eigenvalue weighted by molar-refractivity contribution is 9.10. The monoisotopic (exact) mass is 307 g/mol. The predicted molar refractivity (Wildman–Crippen MR) is 74.1 cm³/mol. The Hall–Kier alpha value is -1.17. The van der Waals surface area contributed by atoms with Crippen molar-refractivity contribution in [2.45, 2.75) is 6.54 Å². The first kappa shape index (κ1) is 11.0. The average Bonchev–Trinajstić information content (AvgIpc) is 2.95. The highest BCUT2D eigenvalue weighted by Gasteiger charge is 2.14. The fourth-order valence-corrected chi connectivity index (χ4v) is 3.06. The molecule has 0 aromatic carbocycles. The van der Waals surface area contributed by atoms with Gasteiger partial charge in [0.1, 0.15) is 5.69 Å². The van der Waals surface area contributed by atoms with Gasteiger partial charge in [-0.25, -0.2) is 4.98 Å². The Balaban J connectivity index is 2.36. The summed E-state index contributed by atoms with van der Waals surface area (Å²) in [6, 6.07) is 8.07. The first-order chi connectivity index (χ1) is 8.31. The van der Waals surface area contributed by atoms with Crippen molar-refractivity contribution >= 4 is 32.9 Å². The molecule has 3 rings (SSSR count). The van der Waals surface area contributed by atoms with Crippen LogP contribution in [0.15, 0.2) is 40.3 Å². The molecule has 86 valence electrons. The van der Waals surface area contributed by atoms with Crippen LogP contribution in [0.25, 0.3) is 16.2 Å². The normalized spacial score (nSPS) is 11.2. The highest BCUT2D eigenvalue weighted by Crippen LogP contribution is 2.30. The van der Waals surface area contributed by atoms with Crippen molar-refractivity contribution in [2.75, 3.05) is 0 Å². The van der Waals surface area contributed by atoms with Crippen LogP contribution in [0.2, 0.25) is 0 Å². The lowest BCUT2D eigenvalue weighted by molar-refractivity contribution is 0.961.